The van der Waals surface area contributed by atoms with E-state index < -0.39 is 18.3 Å². The summed E-state index contributed by atoms with van der Waals surface area (Å²) in [7, 11) is 0. The van der Waals surface area contributed by atoms with Crippen molar-refractivity contribution >= 4 is 17.6 Å². The number of hydrogen-bond donors (Lipinski definition) is 1. The van der Waals surface area contributed by atoms with Gasteiger partial charge in [-0.2, -0.15) is 8.78 Å². The number of alkyl halides is 2. The Labute approximate surface area is 89.5 Å². The fourth-order valence-electron chi connectivity index (χ4n) is 1.12. The molecule has 1 N–H and O–H groups in total. The summed E-state index contributed by atoms with van der Waals surface area (Å²) in [6.07, 6.45) is 0.352. The molecule has 4 nitrogen and oxygen atoms in total. The lowest BCUT2D eigenvalue weighted by Crippen LogP contribution is -2.31. The number of halogens is 3. The van der Waals surface area contributed by atoms with E-state index in [4.69, 9.17) is 16.7 Å². The standard InChI is InChI=1S/C8H9ClF2N2O2/c1-2-13-4-12-6(9)5(13)3-8(10,11)7(14)15/h4H,2-3H2,1H3,(H,14,15). The summed E-state index contributed by atoms with van der Waals surface area (Å²) < 4.78 is 27.2. The summed E-state index contributed by atoms with van der Waals surface area (Å²) >= 11 is 5.58. The van der Waals surface area contributed by atoms with Gasteiger partial charge in [-0.15, -0.1) is 0 Å². The molecule has 0 fully saturated rings. The molecule has 0 aliphatic rings. The molecule has 0 radical (unpaired) electrons. The lowest BCUT2D eigenvalue weighted by molar-refractivity contribution is -0.164. The lowest BCUT2D eigenvalue weighted by Gasteiger charge is -2.12. The molecule has 0 atom stereocenters. The number of carboxylic acid groups (broad SMARTS) is 1. The molecule has 0 aliphatic heterocycles. The second-order valence-corrected chi connectivity index (χ2v) is 3.31. The summed E-state index contributed by atoms with van der Waals surface area (Å²) in [5.74, 6) is -5.99. The first kappa shape index (κ1) is 11.9. The van der Waals surface area contributed by atoms with Crippen molar-refractivity contribution in [2.75, 3.05) is 0 Å². The largest absolute Gasteiger partial charge is 0.477 e. The van der Waals surface area contributed by atoms with Crippen LogP contribution in [-0.4, -0.2) is 26.5 Å². The predicted molar refractivity (Wildman–Crippen MR) is 49.2 cm³/mol. The Bertz CT molecular complexity index is 379. The van der Waals surface area contributed by atoms with Crippen molar-refractivity contribution in [1.29, 1.82) is 0 Å². The zero-order valence-corrected chi connectivity index (χ0v) is 8.63. The van der Waals surface area contributed by atoms with Crippen molar-refractivity contribution in [2.45, 2.75) is 25.8 Å². The van der Waals surface area contributed by atoms with Crippen LogP contribution >= 0.6 is 11.6 Å². The molecule has 0 saturated carbocycles. The number of imidazole rings is 1. The maximum atomic E-state index is 12.9. The van der Waals surface area contributed by atoms with Gasteiger partial charge in [0.2, 0.25) is 0 Å². The van der Waals surface area contributed by atoms with Gasteiger partial charge >= 0.3 is 11.9 Å². The summed E-state index contributed by atoms with van der Waals surface area (Å²) in [5, 5.41) is 8.19. The highest BCUT2D eigenvalue weighted by atomic mass is 35.5. The molecular weight excluding hydrogens is 230 g/mol. The minimum atomic E-state index is -3.82. The Morgan fingerprint density at radius 1 is 1.73 bits per heavy atom. The van der Waals surface area contributed by atoms with Gasteiger partial charge in [-0.1, -0.05) is 11.6 Å². The number of hydrogen-bond acceptors (Lipinski definition) is 2. The average molecular weight is 239 g/mol. The number of aliphatic carboxylic acids is 1. The molecular formula is C8H9ClF2N2O2. The number of nitrogens with zero attached hydrogens (tertiary/aromatic N) is 2. The molecule has 1 heterocycles. The van der Waals surface area contributed by atoms with Crippen LogP contribution in [0.5, 0.6) is 0 Å². The van der Waals surface area contributed by atoms with Gasteiger partial charge < -0.3 is 9.67 Å². The number of carboxylic acids is 1. The Morgan fingerprint density at radius 3 is 2.80 bits per heavy atom. The third-order valence-corrected chi connectivity index (χ3v) is 2.25. The van der Waals surface area contributed by atoms with Gasteiger partial charge in [-0.25, -0.2) is 9.78 Å². The highest BCUT2D eigenvalue weighted by molar-refractivity contribution is 6.30. The van der Waals surface area contributed by atoms with Crippen LogP contribution < -0.4 is 0 Å². The molecule has 1 aromatic heterocycles. The molecule has 15 heavy (non-hydrogen) atoms. The minimum absolute atomic E-state index is 0.0339. The average Bonchev–Trinajstić information content (AvgIpc) is 2.47. The number of aromatic nitrogens is 2. The maximum absolute atomic E-state index is 12.9. The third-order valence-electron chi connectivity index (χ3n) is 1.94. The molecule has 0 aromatic carbocycles. The zero-order valence-electron chi connectivity index (χ0n) is 7.88. The molecule has 0 bridgehead atoms. The molecule has 7 heteroatoms. The molecule has 1 aromatic rings. The highest BCUT2D eigenvalue weighted by Gasteiger charge is 2.40. The van der Waals surface area contributed by atoms with Gasteiger partial charge in [0.25, 0.3) is 0 Å². The van der Waals surface area contributed by atoms with E-state index >= 15 is 0 Å². The Kier molecular flexibility index (Phi) is 3.28. The first-order valence-corrected chi connectivity index (χ1v) is 4.57. The summed E-state index contributed by atoms with van der Waals surface area (Å²) in [5.41, 5.74) is 0.0339. The van der Waals surface area contributed by atoms with Gasteiger partial charge in [-0.3, -0.25) is 0 Å². The van der Waals surface area contributed by atoms with Crippen LogP contribution in [0.4, 0.5) is 8.78 Å². The van der Waals surface area contributed by atoms with E-state index in [-0.39, 0.29) is 10.8 Å². The van der Waals surface area contributed by atoms with Gasteiger partial charge in [0.15, 0.2) is 0 Å². The fourth-order valence-corrected chi connectivity index (χ4v) is 1.34. The van der Waals surface area contributed by atoms with Gasteiger partial charge in [0, 0.05) is 6.54 Å². The van der Waals surface area contributed by atoms with E-state index in [1.54, 1.807) is 6.92 Å². The second-order valence-electron chi connectivity index (χ2n) is 2.95. The van der Waals surface area contributed by atoms with E-state index in [9.17, 15) is 13.6 Å². The van der Waals surface area contributed by atoms with E-state index in [1.165, 1.54) is 10.9 Å². The van der Waals surface area contributed by atoms with Crippen LogP contribution in [0.2, 0.25) is 5.15 Å². The summed E-state index contributed by atoms with van der Waals surface area (Å²) in [6.45, 7) is 2.13. The van der Waals surface area contributed by atoms with Crippen LogP contribution in [0, 0.1) is 0 Å². The van der Waals surface area contributed by atoms with Crippen molar-refractivity contribution in [2.24, 2.45) is 0 Å². The number of carbonyl (C=O) groups is 1. The molecule has 84 valence electrons. The Morgan fingerprint density at radius 2 is 2.33 bits per heavy atom. The van der Waals surface area contributed by atoms with Crippen molar-refractivity contribution in [1.82, 2.24) is 9.55 Å². The normalized spacial score (nSPS) is 11.7. The lowest BCUT2D eigenvalue weighted by atomic mass is 10.2. The molecule has 1 rings (SSSR count). The smallest absolute Gasteiger partial charge is 0.374 e. The van der Waals surface area contributed by atoms with Crippen LogP contribution in [0.15, 0.2) is 6.33 Å². The van der Waals surface area contributed by atoms with Gasteiger partial charge in [-0.05, 0) is 6.92 Å². The first-order valence-electron chi connectivity index (χ1n) is 4.19. The summed E-state index contributed by atoms with van der Waals surface area (Å²) in [6, 6.07) is 0. The fraction of sp³-hybridized carbons (Fsp3) is 0.500. The molecule has 0 aliphatic carbocycles. The molecule has 0 amide bonds. The second kappa shape index (κ2) is 4.14. The van der Waals surface area contributed by atoms with Crippen molar-refractivity contribution < 1.29 is 18.7 Å². The van der Waals surface area contributed by atoms with Gasteiger partial charge in [0.05, 0.1) is 18.4 Å². The number of rotatable bonds is 4. The highest BCUT2D eigenvalue weighted by Crippen LogP contribution is 2.24. The van der Waals surface area contributed by atoms with Crippen LogP contribution in [0.3, 0.4) is 0 Å². The van der Waals surface area contributed by atoms with Crippen molar-refractivity contribution in [3.05, 3.63) is 17.2 Å². The van der Waals surface area contributed by atoms with Crippen LogP contribution in [0.25, 0.3) is 0 Å². The molecule has 0 unspecified atom stereocenters. The van der Waals surface area contributed by atoms with Crippen LogP contribution in [0.1, 0.15) is 12.6 Å². The topological polar surface area (TPSA) is 55.1 Å². The quantitative estimate of drug-likeness (QED) is 0.871. The van der Waals surface area contributed by atoms with Crippen molar-refractivity contribution in [3.8, 4) is 0 Å². The van der Waals surface area contributed by atoms with E-state index in [0.717, 1.165) is 0 Å². The predicted octanol–water partition coefficient (Wildman–Crippen LogP) is 1.82. The number of aryl methyl sites for hydroxylation is 1. The maximum Gasteiger partial charge on any atom is 0.374 e. The molecule has 0 saturated heterocycles. The van der Waals surface area contributed by atoms with Gasteiger partial charge in [0.1, 0.15) is 5.15 Å². The minimum Gasteiger partial charge on any atom is -0.477 e. The monoisotopic (exact) mass is 238 g/mol. The third kappa shape index (κ3) is 2.44. The van der Waals surface area contributed by atoms with E-state index in [2.05, 4.69) is 4.98 Å². The van der Waals surface area contributed by atoms with Crippen molar-refractivity contribution in [3.63, 3.8) is 0 Å². The van der Waals surface area contributed by atoms with E-state index in [0.29, 0.717) is 6.54 Å². The van der Waals surface area contributed by atoms with Crippen LogP contribution in [-0.2, 0) is 17.8 Å². The van der Waals surface area contributed by atoms with E-state index in [1.807, 2.05) is 0 Å². The zero-order chi connectivity index (χ0) is 11.6. The Balaban J connectivity index is 2.98. The Hall–Kier alpha value is -1.17. The summed E-state index contributed by atoms with van der Waals surface area (Å²) in [4.78, 5) is 13.9. The molecule has 0 spiro atoms. The SMILES string of the molecule is CCn1cnc(Cl)c1CC(F)(F)C(=O)O. The first-order chi connectivity index (χ1) is 6.88.